The van der Waals surface area contributed by atoms with Crippen LogP contribution in [-0.2, 0) is 4.79 Å². The summed E-state index contributed by atoms with van der Waals surface area (Å²) in [5.41, 5.74) is 0.861. The van der Waals surface area contributed by atoms with Crippen molar-refractivity contribution < 1.29 is 14.1 Å². The van der Waals surface area contributed by atoms with Gasteiger partial charge in [-0.1, -0.05) is 65.3 Å². The Morgan fingerprint density at radius 1 is 1.15 bits per heavy atom. The van der Waals surface area contributed by atoms with Gasteiger partial charge in [-0.05, 0) is 30.2 Å². The van der Waals surface area contributed by atoms with Gasteiger partial charge in [0.05, 0.1) is 0 Å². The maximum atomic E-state index is 12.3. The van der Waals surface area contributed by atoms with E-state index >= 15 is 0 Å². The minimum absolute atomic E-state index is 0.0747. The van der Waals surface area contributed by atoms with Gasteiger partial charge < -0.3 is 14.6 Å². The van der Waals surface area contributed by atoms with Crippen LogP contribution in [0.1, 0.15) is 25.8 Å². The highest BCUT2D eigenvalue weighted by Crippen LogP contribution is 2.23. The molecule has 0 radical (unpaired) electrons. The predicted molar refractivity (Wildman–Crippen MR) is 105 cm³/mol. The summed E-state index contributed by atoms with van der Waals surface area (Å²) >= 11 is 3.36. The molecular weight excluding hydrogens is 410 g/mol. The molecule has 6 nitrogen and oxygen atoms in total. The Bertz CT molecular complexity index is 879. The quantitative estimate of drug-likeness (QED) is 0.602. The lowest BCUT2D eigenvalue weighted by atomic mass is 10.0. The lowest BCUT2D eigenvalue weighted by Crippen LogP contribution is -2.35. The first-order valence-electron chi connectivity index (χ1n) is 8.59. The molecule has 0 aliphatic rings. The monoisotopic (exact) mass is 429 g/mol. The van der Waals surface area contributed by atoms with Crippen LogP contribution in [0.15, 0.2) is 63.6 Å². The van der Waals surface area contributed by atoms with Crippen molar-refractivity contribution in [3.05, 3.63) is 65.0 Å². The SMILES string of the molecule is CC(C)C(NC(=O)COc1ccc(Br)cc1)c1nc(-c2ccccc2)no1. The van der Waals surface area contributed by atoms with Crippen molar-refractivity contribution in [2.45, 2.75) is 19.9 Å². The molecule has 1 heterocycles. The molecule has 1 N–H and O–H groups in total. The Morgan fingerprint density at radius 3 is 2.52 bits per heavy atom. The van der Waals surface area contributed by atoms with Crippen LogP contribution in [-0.4, -0.2) is 22.7 Å². The van der Waals surface area contributed by atoms with Crippen LogP contribution in [0.4, 0.5) is 0 Å². The van der Waals surface area contributed by atoms with Gasteiger partial charge in [-0.2, -0.15) is 4.98 Å². The number of amides is 1. The second kappa shape index (κ2) is 8.81. The van der Waals surface area contributed by atoms with Gasteiger partial charge in [0.15, 0.2) is 6.61 Å². The summed E-state index contributed by atoms with van der Waals surface area (Å²) in [5, 5.41) is 6.94. The third-order valence-corrected chi connectivity index (χ3v) is 4.44. The van der Waals surface area contributed by atoms with Crippen molar-refractivity contribution in [3.63, 3.8) is 0 Å². The normalized spacial score (nSPS) is 12.0. The third kappa shape index (κ3) is 5.17. The van der Waals surface area contributed by atoms with Gasteiger partial charge in [-0.3, -0.25) is 4.79 Å². The molecule has 0 aliphatic carbocycles. The molecule has 0 spiro atoms. The highest BCUT2D eigenvalue weighted by Gasteiger charge is 2.25. The molecule has 0 bridgehead atoms. The fraction of sp³-hybridized carbons (Fsp3) is 0.250. The van der Waals surface area contributed by atoms with Crippen LogP contribution in [0.3, 0.4) is 0 Å². The van der Waals surface area contributed by atoms with Gasteiger partial charge in [0, 0.05) is 10.0 Å². The Labute approximate surface area is 166 Å². The van der Waals surface area contributed by atoms with E-state index < -0.39 is 6.04 Å². The zero-order valence-corrected chi connectivity index (χ0v) is 16.6. The van der Waals surface area contributed by atoms with E-state index in [1.807, 2.05) is 56.3 Å². The number of halogens is 1. The number of nitrogens with zero attached hydrogens (tertiary/aromatic N) is 2. The van der Waals surface area contributed by atoms with Gasteiger partial charge >= 0.3 is 0 Å². The number of carbonyl (C=O) groups is 1. The number of rotatable bonds is 7. The van der Waals surface area contributed by atoms with Gasteiger partial charge in [-0.15, -0.1) is 0 Å². The van der Waals surface area contributed by atoms with E-state index in [1.165, 1.54) is 0 Å². The highest BCUT2D eigenvalue weighted by molar-refractivity contribution is 9.10. The second-order valence-electron chi connectivity index (χ2n) is 6.35. The number of hydrogen-bond donors (Lipinski definition) is 1. The Morgan fingerprint density at radius 2 is 1.85 bits per heavy atom. The molecule has 1 aromatic heterocycles. The highest BCUT2D eigenvalue weighted by atomic mass is 79.9. The first-order chi connectivity index (χ1) is 13.0. The molecule has 27 heavy (non-hydrogen) atoms. The van der Waals surface area contributed by atoms with E-state index in [-0.39, 0.29) is 18.4 Å². The lowest BCUT2D eigenvalue weighted by molar-refractivity contribution is -0.124. The summed E-state index contributed by atoms with van der Waals surface area (Å²) in [5.74, 6) is 1.32. The molecule has 140 valence electrons. The maximum absolute atomic E-state index is 12.3. The second-order valence-corrected chi connectivity index (χ2v) is 7.27. The topological polar surface area (TPSA) is 77.2 Å². The van der Waals surface area contributed by atoms with Crippen LogP contribution in [0, 0.1) is 5.92 Å². The maximum Gasteiger partial charge on any atom is 0.258 e. The molecule has 3 aromatic rings. The number of ether oxygens (including phenoxy) is 1. The minimum atomic E-state index is -0.393. The average molecular weight is 430 g/mol. The molecule has 0 aliphatic heterocycles. The smallest absolute Gasteiger partial charge is 0.258 e. The third-order valence-electron chi connectivity index (χ3n) is 3.91. The van der Waals surface area contributed by atoms with Crippen molar-refractivity contribution in [2.75, 3.05) is 6.61 Å². The zero-order chi connectivity index (χ0) is 19.2. The molecule has 0 fully saturated rings. The molecule has 7 heteroatoms. The Balaban J connectivity index is 1.64. The van der Waals surface area contributed by atoms with E-state index in [1.54, 1.807) is 12.1 Å². The Kier molecular flexibility index (Phi) is 6.24. The largest absolute Gasteiger partial charge is 0.484 e. The number of benzene rings is 2. The van der Waals surface area contributed by atoms with Crippen LogP contribution in [0.5, 0.6) is 5.75 Å². The first kappa shape index (κ1) is 19.1. The number of aromatic nitrogens is 2. The molecule has 0 saturated heterocycles. The molecule has 1 atom stereocenters. The summed E-state index contributed by atoms with van der Waals surface area (Å²) in [7, 11) is 0. The van der Waals surface area contributed by atoms with Crippen LogP contribution >= 0.6 is 15.9 Å². The Hall–Kier alpha value is -2.67. The van der Waals surface area contributed by atoms with Gasteiger partial charge in [0.1, 0.15) is 11.8 Å². The number of carbonyl (C=O) groups excluding carboxylic acids is 1. The molecule has 2 aromatic carbocycles. The summed E-state index contributed by atoms with van der Waals surface area (Å²) in [6.07, 6.45) is 0. The summed E-state index contributed by atoms with van der Waals surface area (Å²) in [6, 6.07) is 16.5. The molecule has 3 rings (SSSR count). The summed E-state index contributed by atoms with van der Waals surface area (Å²) < 4.78 is 11.9. The van der Waals surface area contributed by atoms with Crippen LogP contribution in [0.2, 0.25) is 0 Å². The average Bonchev–Trinajstić information content (AvgIpc) is 3.16. The summed E-state index contributed by atoms with van der Waals surface area (Å²) in [4.78, 5) is 16.8. The van der Waals surface area contributed by atoms with E-state index in [9.17, 15) is 4.79 Å². The number of nitrogens with one attached hydrogen (secondary N) is 1. The minimum Gasteiger partial charge on any atom is -0.484 e. The van der Waals surface area contributed by atoms with Gasteiger partial charge in [0.25, 0.3) is 5.91 Å². The van der Waals surface area contributed by atoms with E-state index in [0.717, 1.165) is 10.0 Å². The fourth-order valence-corrected chi connectivity index (χ4v) is 2.74. The van der Waals surface area contributed by atoms with Crippen molar-refractivity contribution in [2.24, 2.45) is 5.92 Å². The number of hydrogen-bond acceptors (Lipinski definition) is 5. The molecule has 1 amide bonds. The van der Waals surface area contributed by atoms with Crippen molar-refractivity contribution in [1.29, 1.82) is 0 Å². The van der Waals surface area contributed by atoms with E-state index in [2.05, 4.69) is 31.4 Å². The summed E-state index contributed by atoms with van der Waals surface area (Å²) in [6.45, 7) is 3.87. The molecular formula is C20H20BrN3O3. The molecule has 1 unspecified atom stereocenters. The van der Waals surface area contributed by atoms with Gasteiger partial charge in [-0.25, -0.2) is 0 Å². The standard InChI is InChI=1S/C20H20BrN3O3/c1-13(2)18(20-23-19(24-27-20)14-6-4-3-5-7-14)22-17(25)12-26-16-10-8-15(21)9-11-16/h3-11,13,18H,12H2,1-2H3,(H,22,25). The predicted octanol–water partition coefficient (Wildman–Crippen LogP) is 4.39. The lowest BCUT2D eigenvalue weighted by Gasteiger charge is -2.18. The van der Waals surface area contributed by atoms with Crippen molar-refractivity contribution in [3.8, 4) is 17.1 Å². The van der Waals surface area contributed by atoms with Crippen molar-refractivity contribution >= 4 is 21.8 Å². The van der Waals surface area contributed by atoms with E-state index in [4.69, 9.17) is 9.26 Å². The van der Waals surface area contributed by atoms with Crippen LogP contribution in [0.25, 0.3) is 11.4 Å². The zero-order valence-electron chi connectivity index (χ0n) is 15.1. The van der Waals surface area contributed by atoms with Gasteiger partial charge in [0.2, 0.25) is 11.7 Å². The fourth-order valence-electron chi connectivity index (χ4n) is 2.47. The van der Waals surface area contributed by atoms with Crippen molar-refractivity contribution in [1.82, 2.24) is 15.5 Å². The van der Waals surface area contributed by atoms with E-state index in [0.29, 0.717) is 17.5 Å². The first-order valence-corrected chi connectivity index (χ1v) is 9.39. The molecule has 0 saturated carbocycles. The van der Waals surface area contributed by atoms with Crippen LogP contribution < -0.4 is 10.1 Å².